The number of imidazole rings is 1. The number of benzene rings is 9. The normalized spacial score (nSPS) is 12.5. The Morgan fingerprint density at radius 1 is 0.379 bits per heavy atom. The fourth-order valence-corrected chi connectivity index (χ4v) is 9.23. The van der Waals surface area contributed by atoms with Gasteiger partial charge in [-0.1, -0.05) is 163 Å². The molecule has 0 N–H and O–H groups in total. The average Bonchev–Trinajstić information content (AvgIpc) is 3.81. The Morgan fingerprint density at radius 2 is 0.862 bits per heavy atom. The lowest BCUT2D eigenvalue weighted by molar-refractivity contribution is 0.757. The fraction of sp³-hybridized carbons (Fsp3) is 0.0392. The maximum Gasteiger partial charge on any atom is 0.101 e. The van der Waals surface area contributed by atoms with E-state index < -0.39 is 10.3 Å². The van der Waals surface area contributed by atoms with Gasteiger partial charge in [-0.15, -0.1) is 5.11 Å². The molecule has 10 aromatic rings. The molecule has 11 rings (SSSR count). The van der Waals surface area contributed by atoms with Crippen molar-refractivity contribution in [2.45, 2.75) is 10.3 Å². The lowest BCUT2D eigenvalue weighted by Crippen LogP contribution is -2.45. The molecule has 1 heterocycles. The maximum atomic E-state index is 6.61. The van der Waals surface area contributed by atoms with E-state index in [-0.39, 0.29) is 5.82 Å². The van der Waals surface area contributed by atoms with Crippen LogP contribution in [0.1, 0.15) is 5.82 Å². The zero-order valence-corrected chi connectivity index (χ0v) is 31.5. The van der Waals surface area contributed by atoms with Crippen molar-refractivity contribution >= 4 is 82.6 Å². The molecule has 1 aliphatic rings. The molecule has 7 heteroatoms. The third-order valence-electron chi connectivity index (χ3n) is 12.0. The summed E-state index contributed by atoms with van der Waals surface area (Å²) in [6.07, 6.45) is 0. The minimum absolute atomic E-state index is 0.257. The second kappa shape index (κ2) is 12.8. The molecule has 0 bridgehead atoms. The summed E-state index contributed by atoms with van der Waals surface area (Å²) < 4.78 is 1.92. The minimum atomic E-state index is -1.95. The van der Waals surface area contributed by atoms with Gasteiger partial charge in [-0.2, -0.15) is 0 Å². The van der Waals surface area contributed by atoms with Gasteiger partial charge in [0.2, 0.25) is 0 Å². The van der Waals surface area contributed by atoms with Crippen LogP contribution in [-0.4, -0.2) is 48.8 Å². The van der Waals surface area contributed by atoms with Gasteiger partial charge in [-0.05, 0) is 101 Å². The van der Waals surface area contributed by atoms with E-state index in [1.165, 1.54) is 71.3 Å². The summed E-state index contributed by atoms with van der Waals surface area (Å²) in [4.78, 5) is 4.81. The quantitative estimate of drug-likeness (QED) is 0.123. The largest absolute Gasteiger partial charge is 0.296 e. The van der Waals surface area contributed by atoms with Gasteiger partial charge in [0, 0.05) is 5.56 Å². The van der Waals surface area contributed by atoms with Crippen molar-refractivity contribution in [1.29, 1.82) is 0 Å². The molecule has 1 aromatic heterocycles. The van der Waals surface area contributed by atoms with E-state index >= 15 is 0 Å². The van der Waals surface area contributed by atoms with Crippen LogP contribution in [0.2, 0.25) is 5.11 Å². The van der Waals surface area contributed by atoms with Crippen LogP contribution in [0.5, 0.6) is 0 Å². The van der Waals surface area contributed by atoms with Crippen molar-refractivity contribution in [3.63, 3.8) is 0 Å². The molecule has 0 amide bonds. The first-order valence-electron chi connectivity index (χ1n) is 19.4. The van der Waals surface area contributed by atoms with Gasteiger partial charge in [-0.25, -0.2) is 4.98 Å². The van der Waals surface area contributed by atoms with Gasteiger partial charge in [-0.3, -0.25) is 4.57 Å². The lowest BCUT2D eigenvalue weighted by atomic mass is 9.23. The Labute approximate surface area is 344 Å². The highest BCUT2D eigenvalue weighted by atomic mass is 15.1. The summed E-state index contributed by atoms with van der Waals surface area (Å²) in [5.41, 5.74) is 14.2. The molecule has 0 aliphatic heterocycles. The standard InChI is InChI=1S/C51H29B5N2/c52-50(53,51(54,55)56)49-57-43-21-8-10-23-45(43)58(49)44-22-9-7-12-32(44)30-24-26-31(27-25-30)46-36-15-3-5-17-38(36)48(39-18-6-4-16-37(39)46)42-29-28-41-34-14-2-1-13-33(34)35-19-11-20-40(42)47(35)41/h1-29H. The number of fused-ring (bicyclic) bond motifs is 6. The molecule has 0 fully saturated rings. The summed E-state index contributed by atoms with van der Waals surface area (Å²) in [6, 6.07) is 62.3. The highest BCUT2D eigenvalue weighted by Gasteiger charge is 2.37. The Balaban J connectivity index is 1.09. The van der Waals surface area contributed by atoms with E-state index in [0.717, 1.165) is 27.9 Å². The van der Waals surface area contributed by atoms with E-state index in [1.807, 2.05) is 47.0 Å². The van der Waals surface area contributed by atoms with Crippen LogP contribution < -0.4 is 0 Å². The molecule has 10 radical (unpaired) electrons. The Hall–Kier alpha value is -6.45. The van der Waals surface area contributed by atoms with Gasteiger partial charge < -0.3 is 0 Å². The summed E-state index contributed by atoms with van der Waals surface area (Å²) in [6.45, 7) is 0. The van der Waals surface area contributed by atoms with Crippen LogP contribution >= 0.6 is 0 Å². The molecule has 258 valence electrons. The van der Waals surface area contributed by atoms with Crippen LogP contribution in [0.15, 0.2) is 176 Å². The van der Waals surface area contributed by atoms with E-state index in [9.17, 15) is 0 Å². The van der Waals surface area contributed by atoms with Crippen LogP contribution in [0.25, 0.3) is 105 Å². The van der Waals surface area contributed by atoms with Gasteiger partial charge in [0.25, 0.3) is 0 Å². The lowest BCUT2D eigenvalue weighted by Gasteiger charge is -2.41. The topological polar surface area (TPSA) is 17.8 Å². The molecule has 0 saturated carbocycles. The minimum Gasteiger partial charge on any atom is -0.296 e. The van der Waals surface area contributed by atoms with Gasteiger partial charge in [0.15, 0.2) is 0 Å². The van der Waals surface area contributed by atoms with Crippen LogP contribution in [0, 0.1) is 0 Å². The van der Waals surface area contributed by atoms with Crippen LogP contribution in [-0.2, 0) is 5.21 Å². The van der Waals surface area contributed by atoms with Crippen molar-refractivity contribution in [3.8, 4) is 61.3 Å². The second-order valence-electron chi connectivity index (χ2n) is 15.4. The smallest absolute Gasteiger partial charge is 0.101 e. The summed E-state index contributed by atoms with van der Waals surface area (Å²) in [5.74, 6) is 0.257. The molecule has 1 aliphatic carbocycles. The zero-order valence-electron chi connectivity index (χ0n) is 31.5. The summed E-state index contributed by atoms with van der Waals surface area (Å²) >= 11 is 0. The van der Waals surface area contributed by atoms with E-state index in [0.29, 0.717) is 5.52 Å². The summed E-state index contributed by atoms with van der Waals surface area (Å²) in [7, 11) is 31.7. The maximum absolute atomic E-state index is 6.61. The highest BCUT2D eigenvalue weighted by Crippen LogP contribution is 2.52. The number of hydrogen-bond donors (Lipinski definition) is 0. The van der Waals surface area contributed by atoms with Crippen LogP contribution in [0.4, 0.5) is 0 Å². The molecule has 9 aromatic carbocycles. The van der Waals surface area contributed by atoms with Gasteiger partial charge in [0.05, 0.1) is 56.0 Å². The van der Waals surface area contributed by atoms with Crippen molar-refractivity contribution in [2.75, 3.05) is 0 Å². The molecule has 0 saturated heterocycles. The molecule has 0 unspecified atom stereocenters. The summed E-state index contributed by atoms with van der Waals surface area (Å²) in [5, 5.41) is 3.58. The van der Waals surface area contributed by atoms with E-state index in [1.54, 1.807) is 0 Å². The number of nitrogens with zero attached hydrogens (tertiary/aromatic N) is 2. The second-order valence-corrected chi connectivity index (χ2v) is 15.4. The predicted octanol–water partition coefficient (Wildman–Crippen LogP) is 11.2. The average molecular weight is 724 g/mol. The number of hydrogen-bond acceptors (Lipinski definition) is 1. The molecular formula is C51H29B5N2. The zero-order chi connectivity index (χ0) is 39.3. The third-order valence-corrected chi connectivity index (χ3v) is 12.0. The van der Waals surface area contributed by atoms with Gasteiger partial charge >= 0.3 is 0 Å². The number of para-hydroxylation sites is 3. The molecule has 58 heavy (non-hydrogen) atoms. The number of rotatable bonds is 6. The first-order valence-corrected chi connectivity index (χ1v) is 19.4. The first-order chi connectivity index (χ1) is 28.2. The van der Waals surface area contributed by atoms with E-state index in [4.69, 9.17) is 44.2 Å². The highest BCUT2D eigenvalue weighted by molar-refractivity contribution is 6.67. The van der Waals surface area contributed by atoms with Crippen molar-refractivity contribution in [1.82, 2.24) is 9.55 Å². The fourth-order valence-electron chi connectivity index (χ4n) is 9.23. The van der Waals surface area contributed by atoms with Crippen molar-refractivity contribution in [3.05, 3.63) is 182 Å². The van der Waals surface area contributed by atoms with Crippen LogP contribution in [0.3, 0.4) is 0 Å². The third kappa shape index (κ3) is 5.02. The predicted molar refractivity (Wildman–Crippen MR) is 247 cm³/mol. The number of aromatic nitrogens is 2. The van der Waals surface area contributed by atoms with E-state index in [2.05, 4.69) is 133 Å². The first kappa shape index (κ1) is 34.8. The monoisotopic (exact) mass is 724 g/mol. The Morgan fingerprint density at radius 3 is 1.52 bits per heavy atom. The molecule has 0 spiro atoms. The van der Waals surface area contributed by atoms with Crippen molar-refractivity contribution < 1.29 is 0 Å². The van der Waals surface area contributed by atoms with Crippen molar-refractivity contribution in [2.24, 2.45) is 0 Å². The Bertz CT molecular complexity index is 3220. The molecular weight excluding hydrogens is 695 g/mol. The SMILES string of the molecule is [B]C([B])([B])C([B])([B])c1nc2ccccc2n1-c1ccccc1-c1ccc(-c2c3ccccc3c(-c3ccc4c5c(cccc35)-c3ccccc3-4)c3ccccc23)cc1. The molecule has 2 nitrogen and oxygen atoms in total. The molecule has 0 atom stereocenters. The Kier molecular flexibility index (Phi) is 7.66. The van der Waals surface area contributed by atoms with Gasteiger partial charge in [0.1, 0.15) is 5.82 Å².